The van der Waals surface area contributed by atoms with Gasteiger partial charge in [-0.1, -0.05) is 35.5 Å². The van der Waals surface area contributed by atoms with Gasteiger partial charge in [0.2, 0.25) is 0 Å². The van der Waals surface area contributed by atoms with Gasteiger partial charge in [0, 0.05) is 25.3 Å². The molecule has 7 heteroatoms. The number of β-amino-alcohol motifs (C(OH)–C–C–N with tert-alkyl or cyclic N) is 1. The van der Waals surface area contributed by atoms with E-state index in [4.69, 9.17) is 9.63 Å². The highest BCUT2D eigenvalue weighted by Gasteiger charge is 2.24. The summed E-state index contributed by atoms with van der Waals surface area (Å²) in [6.45, 7) is 2.40. The van der Waals surface area contributed by atoms with Crippen LogP contribution in [0, 0.1) is 5.92 Å². The van der Waals surface area contributed by atoms with E-state index >= 15 is 0 Å². The fraction of sp³-hybridized carbons (Fsp3) is 0.500. The van der Waals surface area contributed by atoms with Crippen LogP contribution in [0.25, 0.3) is 11.4 Å². The first-order chi connectivity index (χ1) is 11.2. The molecule has 0 spiro atoms. The maximum Gasteiger partial charge on any atom is 0.441 e. The first-order valence-electron chi connectivity index (χ1n) is 7.80. The van der Waals surface area contributed by atoms with Gasteiger partial charge in [-0.3, -0.25) is 9.09 Å². The van der Waals surface area contributed by atoms with E-state index < -0.39 is 11.9 Å². The van der Waals surface area contributed by atoms with E-state index in [-0.39, 0.29) is 19.1 Å². The van der Waals surface area contributed by atoms with Crippen molar-refractivity contribution in [1.29, 1.82) is 0 Å². The molecule has 0 saturated carbocycles. The summed E-state index contributed by atoms with van der Waals surface area (Å²) < 4.78 is 6.12. The number of aliphatic hydroxyl groups is 2. The SMILES string of the molecule is O=c1onc(-c2ccccc2)n1CC(O)CN1CCC(CO)C1. The lowest BCUT2D eigenvalue weighted by Gasteiger charge is -2.20. The molecule has 2 aromatic rings. The number of benzene rings is 1. The Hall–Kier alpha value is -1.96. The lowest BCUT2D eigenvalue weighted by molar-refractivity contribution is 0.103. The van der Waals surface area contributed by atoms with Crippen LogP contribution in [0.5, 0.6) is 0 Å². The molecular weight excluding hydrogens is 298 g/mol. The molecule has 0 aliphatic carbocycles. The van der Waals surface area contributed by atoms with Crippen LogP contribution in [0.15, 0.2) is 39.6 Å². The Morgan fingerprint density at radius 3 is 2.78 bits per heavy atom. The smallest absolute Gasteiger partial charge is 0.396 e. The van der Waals surface area contributed by atoms with Gasteiger partial charge >= 0.3 is 5.76 Å². The van der Waals surface area contributed by atoms with Crippen LogP contribution in [0.4, 0.5) is 0 Å². The molecule has 1 aromatic carbocycles. The largest absolute Gasteiger partial charge is 0.441 e. The summed E-state index contributed by atoms with van der Waals surface area (Å²) in [4.78, 5) is 14.0. The highest BCUT2D eigenvalue weighted by Crippen LogP contribution is 2.17. The van der Waals surface area contributed by atoms with Gasteiger partial charge in [-0.15, -0.1) is 0 Å². The van der Waals surface area contributed by atoms with Gasteiger partial charge in [0.1, 0.15) is 0 Å². The van der Waals surface area contributed by atoms with Crippen molar-refractivity contribution in [3.63, 3.8) is 0 Å². The molecule has 1 fully saturated rings. The lowest BCUT2D eigenvalue weighted by atomic mass is 10.1. The highest BCUT2D eigenvalue weighted by molar-refractivity contribution is 5.54. The third-order valence-electron chi connectivity index (χ3n) is 4.21. The first kappa shape index (κ1) is 15.9. The van der Waals surface area contributed by atoms with Crippen molar-refractivity contribution < 1.29 is 14.7 Å². The van der Waals surface area contributed by atoms with Crippen molar-refractivity contribution in [1.82, 2.24) is 14.6 Å². The minimum absolute atomic E-state index is 0.132. The van der Waals surface area contributed by atoms with Crippen LogP contribution in [0.2, 0.25) is 0 Å². The van der Waals surface area contributed by atoms with Crippen molar-refractivity contribution in [3.8, 4) is 11.4 Å². The molecule has 124 valence electrons. The third kappa shape index (κ3) is 3.69. The van der Waals surface area contributed by atoms with E-state index in [1.807, 2.05) is 30.3 Å². The summed E-state index contributed by atoms with van der Waals surface area (Å²) in [7, 11) is 0. The molecule has 0 bridgehead atoms. The second kappa shape index (κ2) is 7.08. The quantitative estimate of drug-likeness (QED) is 0.789. The number of likely N-dealkylation sites (tertiary alicyclic amines) is 1. The lowest BCUT2D eigenvalue weighted by Crippen LogP contribution is -2.35. The maximum absolute atomic E-state index is 11.9. The topological polar surface area (TPSA) is 91.7 Å². The Bertz CT molecular complexity index is 682. The molecule has 3 rings (SSSR count). The summed E-state index contributed by atoms with van der Waals surface area (Å²) >= 11 is 0. The summed E-state index contributed by atoms with van der Waals surface area (Å²) in [5.41, 5.74) is 0.770. The minimum Gasteiger partial charge on any atom is -0.396 e. The van der Waals surface area contributed by atoms with Gasteiger partial charge in [0.05, 0.1) is 12.6 Å². The summed E-state index contributed by atoms with van der Waals surface area (Å²) in [6.07, 6.45) is 0.234. The molecule has 0 radical (unpaired) electrons. The normalized spacial score (nSPS) is 20.0. The highest BCUT2D eigenvalue weighted by atomic mass is 16.5. The summed E-state index contributed by atoms with van der Waals surface area (Å²) in [5.74, 6) is 0.127. The molecule has 7 nitrogen and oxygen atoms in total. The standard InChI is InChI=1S/C16H21N3O4/c20-11-12-6-7-18(8-12)9-14(21)10-19-15(17-23-16(19)22)13-4-2-1-3-5-13/h1-5,12,14,20-21H,6-11H2. The van der Waals surface area contributed by atoms with Crippen molar-refractivity contribution in [3.05, 3.63) is 40.9 Å². The van der Waals surface area contributed by atoms with Crippen molar-refractivity contribution in [2.24, 2.45) is 5.92 Å². The molecule has 2 heterocycles. The van der Waals surface area contributed by atoms with Crippen LogP contribution in [-0.2, 0) is 6.54 Å². The molecule has 1 aromatic heterocycles. The summed E-state index contributed by atoms with van der Waals surface area (Å²) in [5, 5.41) is 23.3. The average Bonchev–Trinajstić information content (AvgIpc) is 3.16. The fourth-order valence-corrected chi connectivity index (χ4v) is 3.02. The fourth-order valence-electron chi connectivity index (χ4n) is 3.02. The number of nitrogens with zero attached hydrogens (tertiary/aromatic N) is 3. The monoisotopic (exact) mass is 319 g/mol. The number of rotatable bonds is 6. The Morgan fingerprint density at radius 2 is 2.09 bits per heavy atom. The Balaban J connectivity index is 1.68. The molecule has 1 saturated heterocycles. The van der Waals surface area contributed by atoms with Crippen LogP contribution < -0.4 is 5.76 Å². The van der Waals surface area contributed by atoms with Crippen molar-refractivity contribution in [2.45, 2.75) is 19.1 Å². The Morgan fingerprint density at radius 1 is 1.30 bits per heavy atom. The Labute approximate surface area is 133 Å². The van der Waals surface area contributed by atoms with Gasteiger partial charge in [-0.2, -0.15) is 0 Å². The Kier molecular flexibility index (Phi) is 4.90. The minimum atomic E-state index is -0.702. The van der Waals surface area contributed by atoms with Crippen molar-refractivity contribution >= 4 is 0 Å². The number of aliphatic hydroxyl groups excluding tert-OH is 2. The summed E-state index contributed by atoms with van der Waals surface area (Å²) in [6, 6.07) is 9.27. The van der Waals surface area contributed by atoms with E-state index in [1.165, 1.54) is 4.57 Å². The van der Waals surface area contributed by atoms with E-state index in [0.29, 0.717) is 12.4 Å². The molecular formula is C16H21N3O4. The van der Waals surface area contributed by atoms with Crippen LogP contribution in [-0.4, -0.2) is 57.2 Å². The van der Waals surface area contributed by atoms with Gasteiger partial charge in [0.15, 0.2) is 5.82 Å². The second-order valence-corrected chi connectivity index (χ2v) is 6.00. The second-order valence-electron chi connectivity index (χ2n) is 6.00. The van der Waals surface area contributed by atoms with Gasteiger partial charge in [-0.25, -0.2) is 4.79 Å². The van der Waals surface area contributed by atoms with E-state index in [0.717, 1.165) is 25.1 Å². The predicted molar refractivity (Wildman–Crippen MR) is 83.8 cm³/mol. The zero-order chi connectivity index (χ0) is 16.2. The maximum atomic E-state index is 11.9. The number of hydrogen-bond acceptors (Lipinski definition) is 6. The van der Waals surface area contributed by atoms with Crippen molar-refractivity contribution in [2.75, 3.05) is 26.2 Å². The number of aromatic nitrogens is 2. The molecule has 23 heavy (non-hydrogen) atoms. The molecule has 2 unspecified atom stereocenters. The van der Waals surface area contributed by atoms with Gasteiger partial charge in [-0.05, 0) is 18.9 Å². The first-order valence-corrected chi connectivity index (χ1v) is 7.80. The van der Waals surface area contributed by atoms with Gasteiger partial charge in [0.25, 0.3) is 0 Å². The average molecular weight is 319 g/mol. The molecule has 1 aliphatic rings. The zero-order valence-corrected chi connectivity index (χ0v) is 12.8. The van der Waals surface area contributed by atoms with E-state index in [9.17, 15) is 9.90 Å². The predicted octanol–water partition coefficient (Wildman–Crippen LogP) is 0.178. The third-order valence-corrected chi connectivity index (χ3v) is 4.21. The van der Waals surface area contributed by atoms with E-state index in [2.05, 4.69) is 10.1 Å². The molecule has 0 amide bonds. The van der Waals surface area contributed by atoms with Crippen LogP contribution >= 0.6 is 0 Å². The number of hydrogen-bond donors (Lipinski definition) is 2. The molecule has 2 atom stereocenters. The van der Waals surface area contributed by atoms with Crippen LogP contribution in [0.1, 0.15) is 6.42 Å². The van der Waals surface area contributed by atoms with Crippen LogP contribution in [0.3, 0.4) is 0 Å². The zero-order valence-electron chi connectivity index (χ0n) is 12.8. The van der Waals surface area contributed by atoms with E-state index in [1.54, 1.807) is 0 Å². The van der Waals surface area contributed by atoms with Gasteiger partial charge < -0.3 is 15.1 Å². The molecule has 1 aliphatic heterocycles. The molecule has 2 N–H and O–H groups in total.